The molecule has 0 aromatic carbocycles. The Kier molecular flexibility index (Phi) is 2.84. The van der Waals surface area contributed by atoms with Crippen LogP contribution in [0.5, 0.6) is 0 Å². The number of aliphatic hydroxyl groups excluding tert-OH is 1. The maximum atomic E-state index is 10.6. The van der Waals surface area contributed by atoms with E-state index < -0.39 is 4.92 Å². The van der Waals surface area contributed by atoms with Crippen LogP contribution in [0.15, 0.2) is 12.1 Å². The van der Waals surface area contributed by atoms with Crippen LogP contribution < -0.4 is 11.1 Å². The van der Waals surface area contributed by atoms with Gasteiger partial charge in [0.05, 0.1) is 23.7 Å². The normalized spacial score (nSPS) is 16.5. The van der Waals surface area contributed by atoms with E-state index in [4.69, 9.17) is 10.8 Å². The quantitative estimate of drug-likeness (QED) is 0.515. The van der Waals surface area contributed by atoms with Crippen LogP contribution in [0, 0.1) is 15.5 Å². The van der Waals surface area contributed by atoms with E-state index in [1.165, 1.54) is 12.1 Å². The standard InChI is InChI=1S/C10H14N4O3/c11-8-3-7(14(16)17)4-9(13-8)12-5-10(6-15)1-2-10/h3-4,15H,1-2,5-6H2,(H3,11,12,13). The van der Waals surface area contributed by atoms with Crippen molar-refractivity contribution in [2.75, 3.05) is 24.2 Å². The highest BCUT2D eigenvalue weighted by Gasteiger charge is 2.41. The third-order valence-electron chi connectivity index (χ3n) is 2.98. The fraction of sp³-hybridized carbons (Fsp3) is 0.500. The molecule has 4 N–H and O–H groups in total. The SMILES string of the molecule is Nc1cc([N+](=O)[O-])cc(NCC2(CO)CC2)n1. The molecule has 0 saturated heterocycles. The average molecular weight is 238 g/mol. The van der Waals surface area contributed by atoms with E-state index in [0.717, 1.165) is 12.8 Å². The van der Waals surface area contributed by atoms with Gasteiger partial charge in [-0.3, -0.25) is 10.1 Å². The van der Waals surface area contributed by atoms with Crippen molar-refractivity contribution < 1.29 is 10.0 Å². The van der Waals surface area contributed by atoms with E-state index in [9.17, 15) is 10.1 Å². The van der Waals surface area contributed by atoms with Gasteiger partial charge in [-0.2, -0.15) is 0 Å². The van der Waals surface area contributed by atoms with E-state index >= 15 is 0 Å². The zero-order valence-corrected chi connectivity index (χ0v) is 9.22. The lowest BCUT2D eigenvalue weighted by Gasteiger charge is -2.13. The monoisotopic (exact) mass is 238 g/mol. The molecule has 1 heterocycles. The number of nitrogens with zero attached hydrogens (tertiary/aromatic N) is 2. The zero-order valence-electron chi connectivity index (χ0n) is 9.22. The zero-order chi connectivity index (χ0) is 12.5. The van der Waals surface area contributed by atoms with Crippen molar-refractivity contribution in [1.29, 1.82) is 0 Å². The molecule has 1 aliphatic rings. The molecule has 7 heteroatoms. The molecule has 1 aromatic heterocycles. The van der Waals surface area contributed by atoms with Gasteiger partial charge in [-0.05, 0) is 12.8 Å². The number of nitrogens with two attached hydrogens (primary N) is 1. The molecule has 7 nitrogen and oxygen atoms in total. The fourth-order valence-corrected chi connectivity index (χ4v) is 1.58. The van der Waals surface area contributed by atoms with Gasteiger partial charge in [0.2, 0.25) is 0 Å². The molecule has 2 rings (SSSR count). The molecule has 1 aromatic rings. The van der Waals surface area contributed by atoms with Crippen molar-refractivity contribution in [2.45, 2.75) is 12.8 Å². The second-order valence-electron chi connectivity index (χ2n) is 4.40. The van der Waals surface area contributed by atoms with Crippen molar-refractivity contribution in [1.82, 2.24) is 4.98 Å². The number of nitrogens with one attached hydrogen (secondary N) is 1. The first-order chi connectivity index (χ1) is 8.04. The smallest absolute Gasteiger partial charge is 0.276 e. The lowest BCUT2D eigenvalue weighted by molar-refractivity contribution is -0.384. The minimum absolute atomic E-state index is 0.0823. The molecule has 0 aliphatic heterocycles. The van der Waals surface area contributed by atoms with Crippen LogP contribution in [-0.4, -0.2) is 28.2 Å². The summed E-state index contributed by atoms with van der Waals surface area (Å²) in [6.45, 7) is 0.668. The van der Waals surface area contributed by atoms with Gasteiger partial charge in [-0.25, -0.2) is 4.98 Å². The predicted molar refractivity (Wildman–Crippen MR) is 62.5 cm³/mol. The third-order valence-corrected chi connectivity index (χ3v) is 2.98. The predicted octanol–water partition coefficient (Wildman–Crippen LogP) is 0.756. The third kappa shape index (κ3) is 2.62. The Balaban J connectivity index is 2.07. The molecule has 0 unspecified atom stereocenters. The molecule has 0 amide bonds. The summed E-state index contributed by atoms with van der Waals surface area (Å²) in [6.07, 6.45) is 1.92. The van der Waals surface area contributed by atoms with Crippen molar-refractivity contribution in [3.8, 4) is 0 Å². The molecular weight excluding hydrogens is 224 g/mol. The Morgan fingerprint density at radius 1 is 1.59 bits per heavy atom. The lowest BCUT2D eigenvalue weighted by Crippen LogP contribution is -2.19. The van der Waals surface area contributed by atoms with Crippen molar-refractivity contribution in [3.05, 3.63) is 22.2 Å². The summed E-state index contributed by atoms with van der Waals surface area (Å²) in [4.78, 5) is 14.1. The highest BCUT2D eigenvalue weighted by molar-refractivity contribution is 5.52. The summed E-state index contributed by atoms with van der Waals surface area (Å²) in [6, 6.07) is 2.55. The van der Waals surface area contributed by atoms with Crippen LogP contribution in [0.2, 0.25) is 0 Å². The van der Waals surface area contributed by atoms with Crippen molar-refractivity contribution in [2.24, 2.45) is 5.41 Å². The average Bonchev–Trinajstić information content (AvgIpc) is 3.06. The van der Waals surface area contributed by atoms with Gasteiger partial charge in [0.15, 0.2) is 0 Å². The molecule has 0 atom stereocenters. The fourth-order valence-electron chi connectivity index (χ4n) is 1.58. The Hall–Kier alpha value is -1.89. The molecule has 0 radical (unpaired) electrons. The Labute approximate surface area is 97.8 Å². The number of hydrogen-bond donors (Lipinski definition) is 3. The van der Waals surface area contributed by atoms with Crippen LogP contribution in [-0.2, 0) is 0 Å². The molecule has 17 heavy (non-hydrogen) atoms. The first-order valence-corrected chi connectivity index (χ1v) is 5.31. The maximum absolute atomic E-state index is 10.6. The molecule has 1 saturated carbocycles. The van der Waals surface area contributed by atoms with E-state index in [1.807, 2.05) is 0 Å². The Morgan fingerprint density at radius 3 is 2.82 bits per heavy atom. The van der Waals surface area contributed by atoms with Crippen LogP contribution in [0.1, 0.15) is 12.8 Å². The Bertz CT molecular complexity index is 445. The summed E-state index contributed by atoms with van der Waals surface area (Å²) in [5, 5.41) is 22.7. The first kappa shape index (κ1) is 11.6. The molecule has 1 fully saturated rings. The number of rotatable bonds is 5. The van der Waals surface area contributed by atoms with E-state index in [2.05, 4.69) is 10.3 Å². The number of anilines is 2. The number of aliphatic hydroxyl groups is 1. The van der Waals surface area contributed by atoms with Gasteiger partial charge in [0.25, 0.3) is 5.69 Å². The van der Waals surface area contributed by atoms with Crippen LogP contribution >= 0.6 is 0 Å². The summed E-state index contributed by atoms with van der Waals surface area (Å²) in [5.74, 6) is 0.479. The number of aromatic nitrogens is 1. The van der Waals surface area contributed by atoms with Gasteiger partial charge >= 0.3 is 0 Å². The highest BCUT2D eigenvalue weighted by Crippen LogP contribution is 2.44. The Morgan fingerprint density at radius 2 is 2.29 bits per heavy atom. The van der Waals surface area contributed by atoms with Crippen LogP contribution in [0.4, 0.5) is 17.3 Å². The van der Waals surface area contributed by atoms with Crippen molar-refractivity contribution in [3.63, 3.8) is 0 Å². The largest absolute Gasteiger partial charge is 0.396 e. The first-order valence-electron chi connectivity index (χ1n) is 5.31. The minimum Gasteiger partial charge on any atom is -0.396 e. The molecular formula is C10H14N4O3. The second-order valence-corrected chi connectivity index (χ2v) is 4.40. The summed E-state index contributed by atoms with van der Waals surface area (Å²) >= 11 is 0. The summed E-state index contributed by atoms with van der Waals surface area (Å²) in [5.41, 5.74) is 5.31. The number of pyridine rings is 1. The van der Waals surface area contributed by atoms with Crippen LogP contribution in [0.25, 0.3) is 0 Å². The van der Waals surface area contributed by atoms with Gasteiger partial charge < -0.3 is 16.2 Å². The summed E-state index contributed by atoms with van der Waals surface area (Å²) in [7, 11) is 0. The highest BCUT2D eigenvalue weighted by atomic mass is 16.6. The molecule has 92 valence electrons. The molecule has 0 spiro atoms. The maximum Gasteiger partial charge on any atom is 0.276 e. The van der Waals surface area contributed by atoms with Gasteiger partial charge in [-0.15, -0.1) is 0 Å². The van der Waals surface area contributed by atoms with E-state index in [1.54, 1.807) is 0 Å². The van der Waals surface area contributed by atoms with Gasteiger partial charge in [0.1, 0.15) is 11.6 Å². The van der Waals surface area contributed by atoms with Gasteiger partial charge in [0, 0.05) is 12.0 Å². The summed E-state index contributed by atoms with van der Waals surface area (Å²) < 4.78 is 0. The number of nitro groups is 1. The lowest BCUT2D eigenvalue weighted by atomic mass is 10.1. The number of hydrogen-bond acceptors (Lipinski definition) is 6. The van der Waals surface area contributed by atoms with E-state index in [0.29, 0.717) is 12.4 Å². The van der Waals surface area contributed by atoms with Crippen LogP contribution in [0.3, 0.4) is 0 Å². The second kappa shape index (κ2) is 4.17. The topological polar surface area (TPSA) is 114 Å². The number of nitrogen functional groups attached to an aromatic ring is 1. The molecule has 1 aliphatic carbocycles. The minimum atomic E-state index is -0.512. The van der Waals surface area contributed by atoms with E-state index in [-0.39, 0.29) is 23.5 Å². The van der Waals surface area contributed by atoms with Crippen molar-refractivity contribution >= 4 is 17.3 Å². The van der Waals surface area contributed by atoms with Gasteiger partial charge in [-0.1, -0.05) is 0 Å². The molecule has 0 bridgehead atoms.